The summed E-state index contributed by atoms with van der Waals surface area (Å²) in [5, 5.41) is 4.21. The molecule has 3 aromatic rings. The average molecular weight is 372 g/mol. The van der Waals surface area contributed by atoms with Crippen LogP contribution in [0.25, 0.3) is 5.65 Å². The molecule has 0 aliphatic rings. The minimum absolute atomic E-state index is 0.0688. The van der Waals surface area contributed by atoms with E-state index >= 15 is 0 Å². The molecule has 0 bridgehead atoms. The zero-order valence-corrected chi connectivity index (χ0v) is 15.0. The summed E-state index contributed by atoms with van der Waals surface area (Å²) in [6.07, 6.45) is 2.49. The molecule has 142 valence electrons. The number of hydrogen-bond donors (Lipinski definition) is 0. The number of benzene rings is 1. The second-order valence-electron chi connectivity index (χ2n) is 6.16. The number of pyridine rings is 1. The molecule has 0 atom stereocenters. The van der Waals surface area contributed by atoms with E-state index < -0.39 is 0 Å². The third-order valence-electron chi connectivity index (χ3n) is 4.17. The van der Waals surface area contributed by atoms with E-state index in [4.69, 9.17) is 4.74 Å². The molecular formula is C19H21FN4O3. The van der Waals surface area contributed by atoms with Crippen LogP contribution in [0.3, 0.4) is 0 Å². The number of ether oxygens (including phenoxy) is 1. The van der Waals surface area contributed by atoms with E-state index in [2.05, 4.69) is 5.10 Å². The smallest absolute Gasteiger partial charge is 0.350 e. The van der Waals surface area contributed by atoms with Crippen molar-refractivity contribution in [3.63, 3.8) is 0 Å². The summed E-state index contributed by atoms with van der Waals surface area (Å²) in [5.74, 6) is 0.217. The maximum absolute atomic E-state index is 12.8. The van der Waals surface area contributed by atoms with Crippen LogP contribution >= 0.6 is 0 Å². The van der Waals surface area contributed by atoms with Crippen LogP contribution in [0.5, 0.6) is 5.75 Å². The van der Waals surface area contributed by atoms with E-state index in [1.165, 1.54) is 21.2 Å². The lowest BCUT2D eigenvalue weighted by molar-refractivity contribution is -0.130. The van der Waals surface area contributed by atoms with E-state index in [0.717, 1.165) is 0 Å². The summed E-state index contributed by atoms with van der Waals surface area (Å²) in [6, 6.07) is 11.1. The molecule has 8 heteroatoms. The quantitative estimate of drug-likeness (QED) is 0.567. The Hall–Kier alpha value is -3.16. The van der Waals surface area contributed by atoms with Crippen molar-refractivity contribution in [3.8, 4) is 5.75 Å². The molecule has 2 heterocycles. The van der Waals surface area contributed by atoms with Gasteiger partial charge in [0.05, 0.1) is 13.2 Å². The number of amides is 1. The number of carbonyl (C=O) groups is 1. The Balaban J connectivity index is 1.42. The fourth-order valence-electron chi connectivity index (χ4n) is 2.65. The Labute approximate surface area is 155 Å². The molecule has 3 rings (SSSR count). The molecule has 0 unspecified atom stereocenters. The van der Waals surface area contributed by atoms with Gasteiger partial charge in [0.25, 0.3) is 0 Å². The normalized spacial score (nSPS) is 10.9. The first-order valence-electron chi connectivity index (χ1n) is 8.71. The van der Waals surface area contributed by atoms with Crippen molar-refractivity contribution in [1.82, 2.24) is 19.1 Å². The summed E-state index contributed by atoms with van der Waals surface area (Å²) in [6.45, 7) is 1.19. The monoisotopic (exact) mass is 372 g/mol. The zero-order chi connectivity index (χ0) is 19.2. The number of hydrogen-bond acceptors (Lipinski definition) is 4. The number of halogens is 1. The van der Waals surface area contributed by atoms with E-state index in [-0.39, 0.29) is 30.4 Å². The van der Waals surface area contributed by atoms with Gasteiger partial charge in [0.15, 0.2) is 5.65 Å². The van der Waals surface area contributed by atoms with Crippen LogP contribution in [-0.4, -0.2) is 45.2 Å². The highest BCUT2D eigenvalue weighted by molar-refractivity contribution is 5.75. The van der Waals surface area contributed by atoms with Gasteiger partial charge in [0.1, 0.15) is 11.6 Å². The molecular weight excluding hydrogens is 351 g/mol. The van der Waals surface area contributed by atoms with Crippen molar-refractivity contribution < 1.29 is 13.9 Å². The minimum atomic E-state index is -0.308. The van der Waals surface area contributed by atoms with Crippen molar-refractivity contribution in [1.29, 1.82) is 0 Å². The average Bonchev–Trinajstić information content (AvgIpc) is 3.00. The number of aryl methyl sites for hydroxylation is 1. The first kappa shape index (κ1) is 18.6. The summed E-state index contributed by atoms with van der Waals surface area (Å²) in [4.78, 5) is 26.0. The van der Waals surface area contributed by atoms with Crippen molar-refractivity contribution in [2.75, 3.05) is 20.2 Å². The fraction of sp³-hybridized carbons (Fsp3) is 0.316. The van der Waals surface area contributed by atoms with Crippen LogP contribution < -0.4 is 10.4 Å². The van der Waals surface area contributed by atoms with Crippen molar-refractivity contribution >= 4 is 11.6 Å². The predicted octanol–water partition coefficient (Wildman–Crippen LogP) is 1.95. The van der Waals surface area contributed by atoms with Crippen molar-refractivity contribution in [3.05, 3.63) is 65.0 Å². The molecule has 0 aliphatic heterocycles. The molecule has 0 spiro atoms. The van der Waals surface area contributed by atoms with Gasteiger partial charge in [0, 0.05) is 26.2 Å². The number of carbonyl (C=O) groups excluding carboxylic acids is 1. The molecule has 0 saturated heterocycles. The van der Waals surface area contributed by atoms with Crippen LogP contribution in [0.15, 0.2) is 53.5 Å². The van der Waals surface area contributed by atoms with Crippen molar-refractivity contribution in [2.45, 2.75) is 19.4 Å². The van der Waals surface area contributed by atoms with Crippen LogP contribution in [0, 0.1) is 5.82 Å². The zero-order valence-electron chi connectivity index (χ0n) is 15.0. The Bertz CT molecular complexity index is 965. The highest BCUT2D eigenvalue weighted by atomic mass is 19.1. The molecule has 0 aliphatic carbocycles. The first-order chi connectivity index (χ1) is 13.0. The summed E-state index contributed by atoms with van der Waals surface area (Å²) >= 11 is 0. The number of nitrogens with zero attached hydrogens (tertiary/aromatic N) is 4. The van der Waals surface area contributed by atoms with Gasteiger partial charge in [-0.2, -0.15) is 0 Å². The van der Waals surface area contributed by atoms with Crippen LogP contribution in [0.4, 0.5) is 4.39 Å². The number of fused-ring (bicyclic) bond motifs is 1. The second kappa shape index (κ2) is 8.48. The van der Waals surface area contributed by atoms with Gasteiger partial charge in [-0.1, -0.05) is 6.07 Å². The third-order valence-corrected chi connectivity index (χ3v) is 4.17. The standard InChI is InChI=1S/C19H21FN4O3/c1-22(11-4-14-27-16-8-6-15(20)7-9-16)18(25)10-13-24-19(26)23-12-3-2-5-17(23)21-24/h2-3,5-9,12H,4,10-11,13-14H2,1H3. The lowest BCUT2D eigenvalue weighted by Gasteiger charge is -2.17. The Morgan fingerprint density at radius 3 is 2.74 bits per heavy atom. The SMILES string of the molecule is CN(CCCOc1ccc(F)cc1)C(=O)CCn1nc2ccccn2c1=O. The number of aromatic nitrogens is 3. The Morgan fingerprint density at radius 2 is 2.00 bits per heavy atom. The highest BCUT2D eigenvalue weighted by Crippen LogP contribution is 2.11. The molecule has 1 amide bonds. The molecule has 0 N–H and O–H groups in total. The third kappa shape index (κ3) is 4.72. The molecule has 27 heavy (non-hydrogen) atoms. The Morgan fingerprint density at radius 1 is 1.22 bits per heavy atom. The summed E-state index contributed by atoms with van der Waals surface area (Å²) in [5.41, 5.74) is 0.301. The largest absolute Gasteiger partial charge is 0.494 e. The first-order valence-corrected chi connectivity index (χ1v) is 8.71. The van der Waals surface area contributed by atoms with Gasteiger partial charge in [-0.15, -0.1) is 5.10 Å². The van der Waals surface area contributed by atoms with Crippen molar-refractivity contribution in [2.24, 2.45) is 0 Å². The molecule has 0 fully saturated rings. The predicted molar refractivity (Wildman–Crippen MR) is 98.2 cm³/mol. The molecule has 0 saturated carbocycles. The second-order valence-corrected chi connectivity index (χ2v) is 6.16. The molecule has 0 radical (unpaired) electrons. The van der Waals surface area contributed by atoms with Gasteiger partial charge in [0.2, 0.25) is 5.91 Å². The minimum Gasteiger partial charge on any atom is -0.494 e. The molecule has 2 aromatic heterocycles. The van der Waals surface area contributed by atoms with Gasteiger partial charge in [-0.3, -0.25) is 9.20 Å². The van der Waals surface area contributed by atoms with Crippen LogP contribution in [0.2, 0.25) is 0 Å². The lowest BCUT2D eigenvalue weighted by Crippen LogP contribution is -2.31. The van der Waals surface area contributed by atoms with Crippen LogP contribution in [0.1, 0.15) is 12.8 Å². The highest BCUT2D eigenvalue weighted by Gasteiger charge is 2.11. The van der Waals surface area contributed by atoms with Gasteiger partial charge in [-0.05, 0) is 42.8 Å². The Kier molecular flexibility index (Phi) is 5.85. The maximum Gasteiger partial charge on any atom is 0.350 e. The van der Waals surface area contributed by atoms with Gasteiger partial charge < -0.3 is 9.64 Å². The summed E-state index contributed by atoms with van der Waals surface area (Å²) in [7, 11) is 1.71. The van der Waals surface area contributed by atoms with E-state index in [0.29, 0.717) is 31.0 Å². The van der Waals surface area contributed by atoms with E-state index in [1.807, 2.05) is 0 Å². The maximum atomic E-state index is 12.8. The van der Waals surface area contributed by atoms with E-state index in [9.17, 15) is 14.0 Å². The molecule has 7 nitrogen and oxygen atoms in total. The summed E-state index contributed by atoms with van der Waals surface area (Å²) < 4.78 is 21.1. The van der Waals surface area contributed by atoms with Crippen LogP contribution in [-0.2, 0) is 11.3 Å². The van der Waals surface area contributed by atoms with Gasteiger partial charge >= 0.3 is 5.69 Å². The molecule has 1 aromatic carbocycles. The fourth-order valence-corrected chi connectivity index (χ4v) is 2.65. The number of rotatable bonds is 8. The topological polar surface area (TPSA) is 68.8 Å². The lowest BCUT2D eigenvalue weighted by atomic mass is 10.3. The van der Waals surface area contributed by atoms with Gasteiger partial charge in [-0.25, -0.2) is 13.9 Å². The van der Waals surface area contributed by atoms with E-state index in [1.54, 1.807) is 48.5 Å².